The molecule has 1 heterocycles. The molecule has 1 fully saturated rings. The summed E-state index contributed by atoms with van der Waals surface area (Å²) in [6.07, 6.45) is 7.47. The molecular formula is C19H24N2O4. The van der Waals surface area contributed by atoms with Crippen molar-refractivity contribution in [1.82, 2.24) is 9.97 Å². The highest BCUT2D eigenvalue weighted by molar-refractivity contribution is 5.44. The summed E-state index contributed by atoms with van der Waals surface area (Å²) in [4.78, 5) is 8.37. The molecule has 6 heteroatoms. The van der Waals surface area contributed by atoms with Crippen LogP contribution >= 0.6 is 0 Å². The van der Waals surface area contributed by atoms with Crippen molar-refractivity contribution in [2.24, 2.45) is 0 Å². The van der Waals surface area contributed by atoms with E-state index in [-0.39, 0.29) is 6.10 Å². The summed E-state index contributed by atoms with van der Waals surface area (Å²) in [5.74, 6) is 1.79. The van der Waals surface area contributed by atoms with Crippen LogP contribution in [-0.2, 0) is 6.42 Å². The monoisotopic (exact) mass is 344 g/mol. The summed E-state index contributed by atoms with van der Waals surface area (Å²) in [5.41, 5.74) is 1.37. The SMILES string of the molecule is COc1ccc(C(O)Cc2nccnc2OC)cc1OC1CCCC1. The molecule has 0 bridgehead atoms. The molecule has 0 saturated heterocycles. The van der Waals surface area contributed by atoms with Gasteiger partial charge in [0.1, 0.15) is 5.69 Å². The second-order valence-corrected chi connectivity index (χ2v) is 6.17. The van der Waals surface area contributed by atoms with Gasteiger partial charge in [0.2, 0.25) is 5.88 Å². The Bertz CT molecular complexity index is 702. The predicted molar refractivity (Wildman–Crippen MR) is 93.1 cm³/mol. The van der Waals surface area contributed by atoms with Gasteiger partial charge >= 0.3 is 0 Å². The van der Waals surface area contributed by atoms with Crippen LogP contribution in [0.2, 0.25) is 0 Å². The second-order valence-electron chi connectivity index (χ2n) is 6.17. The van der Waals surface area contributed by atoms with Crippen molar-refractivity contribution in [3.05, 3.63) is 41.9 Å². The molecule has 1 aliphatic rings. The first-order chi connectivity index (χ1) is 12.2. The number of methoxy groups -OCH3 is 2. The Balaban J connectivity index is 1.78. The zero-order chi connectivity index (χ0) is 17.6. The maximum Gasteiger partial charge on any atom is 0.235 e. The second kappa shape index (κ2) is 8.16. The van der Waals surface area contributed by atoms with Gasteiger partial charge in [-0.3, -0.25) is 4.98 Å². The number of nitrogens with zero attached hydrogens (tertiary/aromatic N) is 2. The van der Waals surface area contributed by atoms with E-state index in [0.717, 1.165) is 18.4 Å². The summed E-state index contributed by atoms with van der Waals surface area (Å²) < 4.78 is 16.7. The maximum absolute atomic E-state index is 10.6. The Morgan fingerprint density at radius 2 is 1.84 bits per heavy atom. The lowest BCUT2D eigenvalue weighted by Gasteiger charge is -2.18. The number of ether oxygens (including phenoxy) is 3. The van der Waals surface area contributed by atoms with Crippen LogP contribution < -0.4 is 14.2 Å². The third kappa shape index (κ3) is 4.20. The smallest absolute Gasteiger partial charge is 0.235 e. The first kappa shape index (κ1) is 17.5. The lowest BCUT2D eigenvalue weighted by molar-refractivity contribution is 0.172. The number of rotatable bonds is 7. The molecular weight excluding hydrogens is 320 g/mol. The summed E-state index contributed by atoms with van der Waals surface area (Å²) in [7, 11) is 3.16. The summed E-state index contributed by atoms with van der Waals surface area (Å²) in [6.45, 7) is 0. The molecule has 3 rings (SSSR count). The lowest BCUT2D eigenvalue weighted by atomic mass is 10.0. The Morgan fingerprint density at radius 3 is 2.56 bits per heavy atom. The Hall–Kier alpha value is -2.34. The highest BCUT2D eigenvalue weighted by Crippen LogP contribution is 2.34. The van der Waals surface area contributed by atoms with Crippen LogP contribution in [-0.4, -0.2) is 35.4 Å². The number of aliphatic hydroxyl groups is 1. The minimum absolute atomic E-state index is 0.223. The lowest BCUT2D eigenvalue weighted by Crippen LogP contribution is -2.12. The van der Waals surface area contributed by atoms with E-state index in [1.54, 1.807) is 26.6 Å². The minimum Gasteiger partial charge on any atom is -0.493 e. The van der Waals surface area contributed by atoms with E-state index in [0.29, 0.717) is 29.5 Å². The molecule has 134 valence electrons. The highest BCUT2D eigenvalue weighted by Gasteiger charge is 2.20. The Kier molecular flexibility index (Phi) is 5.71. The maximum atomic E-state index is 10.6. The van der Waals surface area contributed by atoms with Gasteiger partial charge in [0.25, 0.3) is 0 Å². The van der Waals surface area contributed by atoms with E-state index >= 15 is 0 Å². The van der Waals surface area contributed by atoms with Crippen LogP contribution in [0, 0.1) is 0 Å². The molecule has 6 nitrogen and oxygen atoms in total. The number of hydrogen-bond acceptors (Lipinski definition) is 6. The zero-order valence-electron chi connectivity index (χ0n) is 14.6. The largest absolute Gasteiger partial charge is 0.493 e. The van der Waals surface area contributed by atoms with Gasteiger partial charge in [-0.05, 0) is 43.4 Å². The van der Waals surface area contributed by atoms with Crippen molar-refractivity contribution >= 4 is 0 Å². The normalized spacial score (nSPS) is 15.8. The molecule has 2 aromatic rings. The molecule has 1 aliphatic carbocycles. The fraction of sp³-hybridized carbons (Fsp3) is 0.474. The fourth-order valence-electron chi connectivity index (χ4n) is 3.14. The number of aromatic nitrogens is 2. The highest BCUT2D eigenvalue weighted by atomic mass is 16.5. The van der Waals surface area contributed by atoms with Crippen molar-refractivity contribution in [1.29, 1.82) is 0 Å². The summed E-state index contributed by atoms with van der Waals surface area (Å²) in [6, 6.07) is 5.52. The van der Waals surface area contributed by atoms with E-state index in [9.17, 15) is 5.11 Å². The first-order valence-corrected chi connectivity index (χ1v) is 8.57. The quantitative estimate of drug-likeness (QED) is 0.832. The Labute approximate surface area is 147 Å². The van der Waals surface area contributed by atoms with Gasteiger partial charge in [0.05, 0.1) is 26.4 Å². The molecule has 1 unspecified atom stereocenters. The van der Waals surface area contributed by atoms with E-state index in [1.165, 1.54) is 12.8 Å². The molecule has 1 aromatic carbocycles. The van der Waals surface area contributed by atoms with E-state index in [2.05, 4.69) is 9.97 Å². The van der Waals surface area contributed by atoms with Crippen molar-refractivity contribution < 1.29 is 19.3 Å². The standard InChI is InChI=1S/C19H24N2O4/c1-23-17-8-7-13(11-18(17)25-14-5-3-4-6-14)16(22)12-15-19(24-2)21-10-9-20-15/h7-11,14,16,22H,3-6,12H2,1-2H3. The number of aliphatic hydroxyl groups excluding tert-OH is 1. The van der Waals surface area contributed by atoms with Gasteiger partial charge in [0.15, 0.2) is 11.5 Å². The van der Waals surface area contributed by atoms with Crippen LogP contribution in [0.25, 0.3) is 0 Å². The van der Waals surface area contributed by atoms with Gasteiger partial charge in [-0.2, -0.15) is 0 Å². The number of hydrogen-bond donors (Lipinski definition) is 1. The van der Waals surface area contributed by atoms with E-state index < -0.39 is 6.10 Å². The predicted octanol–water partition coefficient (Wildman–Crippen LogP) is 3.09. The molecule has 1 aromatic heterocycles. The minimum atomic E-state index is -0.734. The van der Waals surface area contributed by atoms with E-state index in [1.807, 2.05) is 18.2 Å². The summed E-state index contributed by atoms with van der Waals surface area (Å²) >= 11 is 0. The van der Waals surface area contributed by atoms with Crippen molar-refractivity contribution in [3.63, 3.8) is 0 Å². The van der Waals surface area contributed by atoms with Crippen LogP contribution in [0.1, 0.15) is 43.0 Å². The zero-order valence-corrected chi connectivity index (χ0v) is 14.6. The third-order valence-electron chi connectivity index (χ3n) is 4.48. The van der Waals surface area contributed by atoms with Crippen molar-refractivity contribution in [2.75, 3.05) is 14.2 Å². The molecule has 1 N–H and O–H groups in total. The van der Waals surface area contributed by atoms with Crippen LogP contribution in [0.4, 0.5) is 0 Å². The third-order valence-corrected chi connectivity index (χ3v) is 4.48. The molecule has 0 spiro atoms. The molecule has 25 heavy (non-hydrogen) atoms. The fourth-order valence-corrected chi connectivity index (χ4v) is 3.14. The average Bonchev–Trinajstić information content (AvgIpc) is 3.15. The molecule has 1 atom stereocenters. The molecule has 0 amide bonds. The average molecular weight is 344 g/mol. The number of benzene rings is 1. The van der Waals surface area contributed by atoms with Gasteiger partial charge in [0, 0.05) is 18.8 Å². The van der Waals surface area contributed by atoms with Crippen LogP contribution in [0.5, 0.6) is 17.4 Å². The van der Waals surface area contributed by atoms with Crippen LogP contribution in [0.15, 0.2) is 30.6 Å². The van der Waals surface area contributed by atoms with E-state index in [4.69, 9.17) is 14.2 Å². The van der Waals surface area contributed by atoms with Gasteiger partial charge in [-0.1, -0.05) is 6.07 Å². The Morgan fingerprint density at radius 1 is 1.08 bits per heavy atom. The van der Waals surface area contributed by atoms with Gasteiger partial charge in [-0.25, -0.2) is 4.98 Å². The van der Waals surface area contributed by atoms with Crippen LogP contribution in [0.3, 0.4) is 0 Å². The van der Waals surface area contributed by atoms with Crippen molar-refractivity contribution in [2.45, 2.75) is 44.3 Å². The molecule has 0 aliphatic heterocycles. The summed E-state index contributed by atoms with van der Waals surface area (Å²) in [5, 5.41) is 10.6. The van der Waals surface area contributed by atoms with Gasteiger partial charge in [-0.15, -0.1) is 0 Å². The topological polar surface area (TPSA) is 73.7 Å². The van der Waals surface area contributed by atoms with Crippen molar-refractivity contribution in [3.8, 4) is 17.4 Å². The first-order valence-electron chi connectivity index (χ1n) is 8.57. The van der Waals surface area contributed by atoms with Gasteiger partial charge < -0.3 is 19.3 Å². The molecule has 0 radical (unpaired) electrons. The molecule has 1 saturated carbocycles.